The van der Waals surface area contributed by atoms with Gasteiger partial charge in [0.05, 0.1) is 14.9 Å². The Morgan fingerprint density at radius 2 is 2.15 bits per heavy atom. The van der Waals surface area contributed by atoms with Gasteiger partial charge >= 0.3 is 0 Å². The normalized spacial score (nSPS) is 10.8. The molecule has 0 fully saturated rings. The maximum Gasteiger partial charge on any atom is 0.275 e. The van der Waals surface area contributed by atoms with Crippen molar-refractivity contribution in [3.05, 3.63) is 57.6 Å². The number of tetrazole rings is 1. The second kappa shape index (κ2) is 6.94. The molecule has 1 N–H and O–H groups in total. The van der Waals surface area contributed by atoms with Crippen LogP contribution in [-0.4, -0.2) is 31.1 Å². The molecular formula is C16H11ClN6OS2. The fraction of sp³-hybridized carbons (Fsp3) is 0.0625. The summed E-state index contributed by atoms with van der Waals surface area (Å²) in [7, 11) is 0. The Balaban J connectivity index is 1.54. The van der Waals surface area contributed by atoms with Crippen LogP contribution in [0.4, 0.5) is 5.69 Å². The molecule has 0 saturated carbocycles. The number of hydrogen-bond acceptors (Lipinski definition) is 7. The fourth-order valence-corrected chi connectivity index (χ4v) is 4.22. The van der Waals surface area contributed by atoms with E-state index in [9.17, 15) is 4.79 Å². The number of nitrogens with one attached hydrogen (secondary N) is 1. The van der Waals surface area contributed by atoms with Gasteiger partial charge in [0.25, 0.3) is 5.91 Å². The number of aryl methyl sites for hydroxylation is 1. The molecule has 0 radical (unpaired) electrons. The number of carbonyl (C=O) groups excluding carboxylic acids is 1. The molecule has 0 aliphatic heterocycles. The number of hydrogen-bond donors (Lipinski definition) is 1. The molecule has 0 bridgehead atoms. The van der Waals surface area contributed by atoms with E-state index in [0.29, 0.717) is 21.5 Å². The summed E-state index contributed by atoms with van der Waals surface area (Å²) in [6.45, 7) is 1.80. The second-order valence-corrected chi connectivity index (χ2v) is 7.86. The highest BCUT2D eigenvalue weighted by Crippen LogP contribution is 2.33. The zero-order chi connectivity index (χ0) is 18.1. The Labute approximate surface area is 161 Å². The number of rotatable bonds is 4. The molecule has 0 spiro atoms. The number of thiazole rings is 1. The molecule has 0 saturated heterocycles. The maximum absolute atomic E-state index is 12.5. The van der Waals surface area contributed by atoms with E-state index in [1.807, 2.05) is 24.3 Å². The first-order chi connectivity index (χ1) is 12.6. The molecule has 130 valence electrons. The Morgan fingerprint density at radius 3 is 2.88 bits per heavy atom. The SMILES string of the molecule is Cc1nnnn1-c1cccc(NC(=O)c2csc(-c3ccc(Cl)s3)n2)c1. The average molecular weight is 403 g/mol. The molecule has 0 atom stereocenters. The molecule has 3 aromatic heterocycles. The van der Waals surface area contributed by atoms with Crippen molar-refractivity contribution in [1.29, 1.82) is 0 Å². The van der Waals surface area contributed by atoms with Gasteiger partial charge in [-0.25, -0.2) is 4.98 Å². The first kappa shape index (κ1) is 16.8. The van der Waals surface area contributed by atoms with Crippen LogP contribution >= 0.6 is 34.3 Å². The highest BCUT2D eigenvalue weighted by Gasteiger charge is 2.14. The standard InChI is InChI=1S/C16H11ClN6OS2/c1-9-20-21-22-23(9)11-4-2-3-10(7-11)18-15(24)12-8-25-16(19-12)13-5-6-14(17)26-13/h2-8H,1H3,(H,18,24). The summed E-state index contributed by atoms with van der Waals surface area (Å²) >= 11 is 8.79. The van der Waals surface area contributed by atoms with E-state index in [1.165, 1.54) is 22.7 Å². The summed E-state index contributed by atoms with van der Waals surface area (Å²) in [6, 6.07) is 11.0. The number of carbonyl (C=O) groups is 1. The topological polar surface area (TPSA) is 85.6 Å². The summed E-state index contributed by atoms with van der Waals surface area (Å²) in [5.41, 5.74) is 1.76. The highest BCUT2D eigenvalue weighted by atomic mass is 35.5. The largest absolute Gasteiger partial charge is 0.321 e. The fourth-order valence-electron chi connectivity index (χ4n) is 2.30. The number of aromatic nitrogens is 5. The van der Waals surface area contributed by atoms with Crippen molar-refractivity contribution in [2.75, 3.05) is 5.32 Å². The highest BCUT2D eigenvalue weighted by molar-refractivity contribution is 7.23. The van der Waals surface area contributed by atoms with Crippen LogP contribution in [0, 0.1) is 6.92 Å². The van der Waals surface area contributed by atoms with Gasteiger partial charge in [-0.2, -0.15) is 4.68 Å². The summed E-state index contributed by atoms with van der Waals surface area (Å²) in [5.74, 6) is 0.382. The zero-order valence-electron chi connectivity index (χ0n) is 13.4. The first-order valence-corrected chi connectivity index (χ1v) is 9.55. The van der Waals surface area contributed by atoms with E-state index < -0.39 is 0 Å². The molecule has 4 rings (SSSR count). The molecule has 0 unspecified atom stereocenters. The van der Waals surface area contributed by atoms with Crippen LogP contribution in [-0.2, 0) is 0 Å². The van der Waals surface area contributed by atoms with E-state index in [1.54, 1.807) is 29.1 Å². The van der Waals surface area contributed by atoms with E-state index in [-0.39, 0.29) is 5.91 Å². The smallest absolute Gasteiger partial charge is 0.275 e. The molecular weight excluding hydrogens is 392 g/mol. The average Bonchev–Trinajstić information content (AvgIpc) is 3.35. The zero-order valence-corrected chi connectivity index (χ0v) is 15.8. The van der Waals surface area contributed by atoms with Crippen molar-refractivity contribution in [2.45, 2.75) is 6.92 Å². The number of halogens is 1. The van der Waals surface area contributed by atoms with E-state index >= 15 is 0 Å². The maximum atomic E-state index is 12.5. The van der Waals surface area contributed by atoms with E-state index in [4.69, 9.17) is 11.6 Å². The van der Waals surface area contributed by atoms with Crippen LogP contribution in [0.5, 0.6) is 0 Å². The quantitative estimate of drug-likeness (QED) is 0.556. The molecule has 1 amide bonds. The Morgan fingerprint density at radius 1 is 1.27 bits per heavy atom. The van der Waals surface area contributed by atoms with Crippen LogP contribution < -0.4 is 5.32 Å². The molecule has 4 aromatic rings. The predicted octanol–water partition coefficient (Wildman–Crippen LogP) is 4.06. The number of amides is 1. The van der Waals surface area contributed by atoms with Gasteiger partial charge in [0.15, 0.2) is 5.82 Å². The van der Waals surface area contributed by atoms with Crippen molar-refractivity contribution >= 4 is 45.9 Å². The predicted molar refractivity (Wildman–Crippen MR) is 102 cm³/mol. The molecule has 7 nitrogen and oxygen atoms in total. The summed E-state index contributed by atoms with van der Waals surface area (Å²) in [5, 5.41) is 16.8. The summed E-state index contributed by atoms with van der Waals surface area (Å²) < 4.78 is 2.29. The minimum atomic E-state index is -0.277. The molecule has 3 heterocycles. The van der Waals surface area contributed by atoms with Gasteiger partial charge in [0.1, 0.15) is 10.7 Å². The van der Waals surface area contributed by atoms with Gasteiger partial charge < -0.3 is 5.32 Å². The van der Waals surface area contributed by atoms with Crippen LogP contribution in [0.25, 0.3) is 15.6 Å². The van der Waals surface area contributed by atoms with Gasteiger partial charge in [-0.3, -0.25) is 4.79 Å². The van der Waals surface area contributed by atoms with Crippen molar-refractivity contribution in [3.63, 3.8) is 0 Å². The number of nitrogens with zero attached hydrogens (tertiary/aromatic N) is 5. The third-order valence-corrected chi connectivity index (χ3v) is 5.74. The van der Waals surface area contributed by atoms with E-state index in [0.717, 1.165) is 15.6 Å². The van der Waals surface area contributed by atoms with Gasteiger partial charge in [0.2, 0.25) is 0 Å². The molecule has 1 aromatic carbocycles. The third kappa shape index (κ3) is 3.36. The lowest BCUT2D eigenvalue weighted by Crippen LogP contribution is -2.12. The Bertz CT molecular complexity index is 1090. The monoisotopic (exact) mass is 402 g/mol. The van der Waals surface area contributed by atoms with Gasteiger partial charge in [0, 0.05) is 11.1 Å². The van der Waals surface area contributed by atoms with Gasteiger partial charge in [-0.05, 0) is 47.7 Å². The lowest BCUT2D eigenvalue weighted by molar-refractivity contribution is 0.102. The number of benzene rings is 1. The van der Waals surface area contributed by atoms with Crippen molar-refractivity contribution in [2.24, 2.45) is 0 Å². The van der Waals surface area contributed by atoms with Crippen LogP contribution in [0.1, 0.15) is 16.3 Å². The minimum absolute atomic E-state index is 0.277. The van der Waals surface area contributed by atoms with Crippen molar-refractivity contribution in [1.82, 2.24) is 25.2 Å². The van der Waals surface area contributed by atoms with Crippen LogP contribution in [0.3, 0.4) is 0 Å². The minimum Gasteiger partial charge on any atom is -0.321 e. The Hall–Kier alpha value is -2.62. The molecule has 0 aliphatic carbocycles. The lowest BCUT2D eigenvalue weighted by atomic mass is 10.2. The second-order valence-electron chi connectivity index (χ2n) is 5.28. The molecule has 10 heteroatoms. The third-order valence-electron chi connectivity index (χ3n) is 3.49. The lowest BCUT2D eigenvalue weighted by Gasteiger charge is -2.06. The van der Waals surface area contributed by atoms with Crippen LogP contribution in [0.15, 0.2) is 41.8 Å². The number of thiophene rings is 1. The first-order valence-electron chi connectivity index (χ1n) is 7.48. The van der Waals surface area contributed by atoms with Crippen LogP contribution in [0.2, 0.25) is 4.34 Å². The van der Waals surface area contributed by atoms with Crippen molar-refractivity contribution in [3.8, 4) is 15.6 Å². The van der Waals surface area contributed by atoms with Gasteiger partial charge in [-0.15, -0.1) is 27.8 Å². The van der Waals surface area contributed by atoms with E-state index in [2.05, 4.69) is 25.8 Å². The van der Waals surface area contributed by atoms with Gasteiger partial charge in [-0.1, -0.05) is 17.7 Å². The molecule has 26 heavy (non-hydrogen) atoms. The molecule has 0 aliphatic rings. The van der Waals surface area contributed by atoms with Crippen molar-refractivity contribution < 1.29 is 4.79 Å². The summed E-state index contributed by atoms with van der Waals surface area (Å²) in [4.78, 5) is 17.8. The Kier molecular flexibility index (Phi) is 4.49. The number of anilines is 1. The summed E-state index contributed by atoms with van der Waals surface area (Å²) in [6.07, 6.45) is 0.